The second kappa shape index (κ2) is 6.41. The van der Waals surface area contributed by atoms with Crippen LogP contribution in [0, 0.1) is 5.82 Å². The predicted molar refractivity (Wildman–Crippen MR) is 86.4 cm³/mol. The predicted octanol–water partition coefficient (Wildman–Crippen LogP) is 4.76. The molecule has 3 aromatic rings. The molecule has 0 aliphatic rings. The second-order valence-electron chi connectivity index (χ2n) is 4.52. The van der Waals surface area contributed by atoms with Crippen LogP contribution >= 0.6 is 11.6 Å². The molecule has 3 rings (SSSR count). The van der Waals surface area contributed by atoms with Crippen molar-refractivity contribution in [1.29, 1.82) is 0 Å². The molecule has 0 radical (unpaired) electrons. The van der Waals surface area contributed by atoms with Crippen molar-refractivity contribution in [2.24, 2.45) is 0 Å². The zero-order chi connectivity index (χ0) is 15.4. The standard InChI is InChI=1S/C16H12ClFN4/c17-14-10-19-16(21-12-6-2-1-3-7-12)22-15(14)20-13-8-4-5-11(18)9-13/h1-10H,(H2,19,20,21,22). The van der Waals surface area contributed by atoms with E-state index < -0.39 is 0 Å². The van der Waals surface area contributed by atoms with Crippen LogP contribution in [0.5, 0.6) is 0 Å². The summed E-state index contributed by atoms with van der Waals surface area (Å²) in [7, 11) is 0. The largest absolute Gasteiger partial charge is 0.339 e. The molecule has 1 aromatic heterocycles. The van der Waals surface area contributed by atoms with Crippen LogP contribution in [0.3, 0.4) is 0 Å². The Kier molecular flexibility index (Phi) is 4.16. The molecule has 2 aromatic carbocycles. The van der Waals surface area contributed by atoms with Gasteiger partial charge in [0.1, 0.15) is 10.8 Å². The van der Waals surface area contributed by atoms with Crippen molar-refractivity contribution < 1.29 is 4.39 Å². The van der Waals surface area contributed by atoms with Crippen molar-refractivity contribution in [1.82, 2.24) is 9.97 Å². The topological polar surface area (TPSA) is 49.8 Å². The van der Waals surface area contributed by atoms with E-state index >= 15 is 0 Å². The highest BCUT2D eigenvalue weighted by molar-refractivity contribution is 6.32. The van der Waals surface area contributed by atoms with E-state index in [1.807, 2.05) is 30.3 Å². The molecule has 0 saturated carbocycles. The van der Waals surface area contributed by atoms with E-state index in [1.54, 1.807) is 12.1 Å². The summed E-state index contributed by atoms with van der Waals surface area (Å²) >= 11 is 6.08. The smallest absolute Gasteiger partial charge is 0.229 e. The van der Waals surface area contributed by atoms with Crippen molar-refractivity contribution in [2.75, 3.05) is 10.6 Å². The summed E-state index contributed by atoms with van der Waals surface area (Å²) in [6, 6.07) is 15.6. The van der Waals surface area contributed by atoms with Gasteiger partial charge in [0, 0.05) is 11.4 Å². The molecule has 2 N–H and O–H groups in total. The number of hydrogen-bond acceptors (Lipinski definition) is 4. The molecule has 0 bridgehead atoms. The Morgan fingerprint density at radius 1 is 0.909 bits per heavy atom. The third-order valence-corrected chi connectivity index (χ3v) is 3.14. The summed E-state index contributed by atoms with van der Waals surface area (Å²) in [5, 5.41) is 6.40. The number of nitrogens with one attached hydrogen (secondary N) is 2. The first-order valence-corrected chi connectivity index (χ1v) is 6.96. The molecule has 0 saturated heterocycles. The van der Waals surface area contributed by atoms with Gasteiger partial charge in [0.05, 0.1) is 6.20 Å². The maximum Gasteiger partial charge on any atom is 0.229 e. The van der Waals surface area contributed by atoms with Gasteiger partial charge in [-0.25, -0.2) is 9.37 Å². The van der Waals surface area contributed by atoms with Gasteiger partial charge in [-0.3, -0.25) is 0 Å². The minimum absolute atomic E-state index is 0.335. The highest BCUT2D eigenvalue weighted by Gasteiger charge is 2.07. The maximum absolute atomic E-state index is 13.2. The number of aromatic nitrogens is 2. The summed E-state index contributed by atoms with van der Waals surface area (Å²) in [5.41, 5.74) is 1.42. The van der Waals surface area contributed by atoms with Crippen LogP contribution in [-0.4, -0.2) is 9.97 Å². The molecule has 4 nitrogen and oxygen atoms in total. The summed E-state index contributed by atoms with van der Waals surface area (Å²) in [6.07, 6.45) is 1.49. The van der Waals surface area contributed by atoms with Crippen LogP contribution in [0.25, 0.3) is 0 Å². The molecule has 0 spiro atoms. The molecule has 110 valence electrons. The summed E-state index contributed by atoms with van der Waals surface area (Å²) in [5.74, 6) is 0.466. The molecule has 22 heavy (non-hydrogen) atoms. The van der Waals surface area contributed by atoms with Crippen LogP contribution in [0.2, 0.25) is 5.02 Å². The van der Waals surface area contributed by atoms with E-state index in [1.165, 1.54) is 18.3 Å². The fraction of sp³-hybridized carbons (Fsp3) is 0. The summed E-state index contributed by atoms with van der Waals surface area (Å²) < 4.78 is 13.2. The number of rotatable bonds is 4. The van der Waals surface area contributed by atoms with Gasteiger partial charge in [-0.1, -0.05) is 35.9 Å². The fourth-order valence-corrected chi connectivity index (χ4v) is 2.01. The Labute approximate surface area is 132 Å². The molecule has 6 heteroatoms. The number of benzene rings is 2. The van der Waals surface area contributed by atoms with Gasteiger partial charge in [-0.05, 0) is 30.3 Å². The highest BCUT2D eigenvalue weighted by atomic mass is 35.5. The Morgan fingerprint density at radius 2 is 1.68 bits per heavy atom. The van der Waals surface area contributed by atoms with Crippen LogP contribution in [0.15, 0.2) is 60.8 Å². The molecular formula is C16H12ClFN4. The van der Waals surface area contributed by atoms with E-state index in [0.717, 1.165) is 5.69 Å². The summed E-state index contributed by atoms with van der Waals surface area (Å²) in [6.45, 7) is 0. The van der Waals surface area contributed by atoms with Crippen molar-refractivity contribution in [3.8, 4) is 0 Å². The lowest BCUT2D eigenvalue weighted by Gasteiger charge is -2.10. The number of nitrogens with zero attached hydrogens (tertiary/aromatic N) is 2. The van der Waals surface area contributed by atoms with E-state index in [2.05, 4.69) is 20.6 Å². The number of anilines is 4. The second-order valence-corrected chi connectivity index (χ2v) is 4.92. The van der Waals surface area contributed by atoms with Crippen LogP contribution in [-0.2, 0) is 0 Å². The fourth-order valence-electron chi connectivity index (χ4n) is 1.87. The first-order valence-electron chi connectivity index (χ1n) is 6.58. The van der Waals surface area contributed by atoms with Crippen molar-refractivity contribution >= 4 is 34.7 Å². The Bertz CT molecular complexity index is 780. The first-order chi connectivity index (χ1) is 10.7. The maximum atomic E-state index is 13.2. The van der Waals surface area contributed by atoms with Gasteiger partial charge in [0.25, 0.3) is 0 Å². The Balaban J connectivity index is 1.84. The lowest BCUT2D eigenvalue weighted by Crippen LogP contribution is -2.01. The van der Waals surface area contributed by atoms with Crippen LogP contribution in [0.1, 0.15) is 0 Å². The normalized spacial score (nSPS) is 10.3. The van der Waals surface area contributed by atoms with Gasteiger partial charge < -0.3 is 10.6 Å². The van der Waals surface area contributed by atoms with Gasteiger partial charge in [-0.15, -0.1) is 0 Å². The minimum Gasteiger partial charge on any atom is -0.339 e. The van der Waals surface area contributed by atoms with E-state index in [-0.39, 0.29) is 5.82 Å². The molecule has 0 fully saturated rings. The van der Waals surface area contributed by atoms with Gasteiger partial charge >= 0.3 is 0 Å². The van der Waals surface area contributed by atoms with Crippen molar-refractivity contribution in [3.05, 3.63) is 71.6 Å². The molecule has 0 aliphatic heterocycles. The monoisotopic (exact) mass is 314 g/mol. The SMILES string of the molecule is Fc1cccc(Nc2nc(Nc3ccccc3)ncc2Cl)c1. The first kappa shape index (κ1) is 14.3. The summed E-state index contributed by atoms with van der Waals surface area (Å²) in [4.78, 5) is 8.43. The number of para-hydroxylation sites is 1. The zero-order valence-corrected chi connectivity index (χ0v) is 12.2. The highest BCUT2D eigenvalue weighted by Crippen LogP contribution is 2.25. The number of hydrogen-bond donors (Lipinski definition) is 2. The molecule has 0 unspecified atom stereocenters. The van der Waals surface area contributed by atoms with Crippen molar-refractivity contribution in [3.63, 3.8) is 0 Å². The van der Waals surface area contributed by atoms with Gasteiger partial charge in [0.2, 0.25) is 5.95 Å². The van der Waals surface area contributed by atoms with E-state index in [4.69, 9.17) is 11.6 Å². The van der Waals surface area contributed by atoms with Gasteiger partial charge in [0.15, 0.2) is 5.82 Å². The third kappa shape index (κ3) is 3.51. The lowest BCUT2D eigenvalue weighted by molar-refractivity contribution is 0.628. The average molecular weight is 315 g/mol. The molecular weight excluding hydrogens is 303 g/mol. The average Bonchev–Trinajstić information content (AvgIpc) is 2.52. The Hall–Kier alpha value is -2.66. The zero-order valence-electron chi connectivity index (χ0n) is 11.4. The van der Waals surface area contributed by atoms with Crippen LogP contribution < -0.4 is 10.6 Å². The lowest BCUT2D eigenvalue weighted by atomic mass is 10.3. The molecule has 0 aliphatic carbocycles. The Morgan fingerprint density at radius 3 is 2.45 bits per heavy atom. The van der Waals surface area contributed by atoms with Crippen molar-refractivity contribution in [2.45, 2.75) is 0 Å². The molecule has 0 atom stereocenters. The quantitative estimate of drug-likeness (QED) is 0.729. The minimum atomic E-state index is -0.335. The van der Waals surface area contributed by atoms with Gasteiger partial charge in [-0.2, -0.15) is 4.98 Å². The number of halogens is 2. The van der Waals surface area contributed by atoms with E-state index in [0.29, 0.717) is 22.5 Å². The van der Waals surface area contributed by atoms with E-state index in [9.17, 15) is 4.39 Å². The van der Waals surface area contributed by atoms with Crippen LogP contribution in [0.4, 0.5) is 27.5 Å². The molecule has 1 heterocycles. The third-order valence-electron chi connectivity index (χ3n) is 2.86. The molecule has 0 amide bonds.